The second kappa shape index (κ2) is 5.51. The van der Waals surface area contributed by atoms with Crippen LogP contribution in [0.3, 0.4) is 0 Å². The predicted molar refractivity (Wildman–Crippen MR) is 85.5 cm³/mol. The van der Waals surface area contributed by atoms with Gasteiger partial charge in [-0.3, -0.25) is 4.98 Å². The molecule has 0 spiro atoms. The van der Waals surface area contributed by atoms with Crippen LogP contribution in [0.1, 0.15) is 17.0 Å². The number of thiophene rings is 2. The summed E-state index contributed by atoms with van der Waals surface area (Å²) < 4.78 is 0. The largest absolute Gasteiger partial charge is 0.254 e. The SMILES string of the molecule is Cc1cc(-c2ccsc2)cc(C=Cc2ccsc2)n1. The van der Waals surface area contributed by atoms with Crippen LogP contribution < -0.4 is 0 Å². The zero-order valence-corrected chi connectivity index (χ0v) is 12.2. The predicted octanol–water partition coefficient (Wildman–Crippen LogP) is 5.35. The Morgan fingerprint density at radius 3 is 2.53 bits per heavy atom. The molecule has 0 N–H and O–H groups in total. The molecule has 0 fully saturated rings. The van der Waals surface area contributed by atoms with Crippen LogP contribution >= 0.6 is 22.7 Å². The van der Waals surface area contributed by atoms with E-state index in [-0.39, 0.29) is 0 Å². The summed E-state index contributed by atoms with van der Waals surface area (Å²) >= 11 is 3.43. The van der Waals surface area contributed by atoms with Gasteiger partial charge in [-0.05, 0) is 75.5 Å². The molecule has 1 nitrogen and oxygen atoms in total. The number of rotatable bonds is 3. The van der Waals surface area contributed by atoms with E-state index in [4.69, 9.17) is 0 Å². The van der Waals surface area contributed by atoms with Crippen LogP contribution in [0.25, 0.3) is 23.3 Å². The first-order valence-corrected chi connectivity index (χ1v) is 7.91. The van der Waals surface area contributed by atoms with Crippen LogP contribution in [0.4, 0.5) is 0 Å². The Morgan fingerprint density at radius 2 is 1.79 bits per heavy atom. The summed E-state index contributed by atoms with van der Waals surface area (Å²) in [6.45, 7) is 2.04. The van der Waals surface area contributed by atoms with Gasteiger partial charge in [0.05, 0.1) is 5.69 Å². The first-order valence-electron chi connectivity index (χ1n) is 6.03. The molecule has 0 amide bonds. The van der Waals surface area contributed by atoms with E-state index in [0.29, 0.717) is 0 Å². The van der Waals surface area contributed by atoms with Gasteiger partial charge in [0.2, 0.25) is 0 Å². The fourth-order valence-electron chi connectivity index (χ4n) is 1.93. The maximum Gasteiger partial charge on any atom is 0.0639 e. The summed E-state index contributed by atoms with van der Waals surface area (Å²) in [5.41, 5.74) is 5.78. The highest BCUT2D eigenvalue weighted by Gasteiger charge is 2.01. The normalized spacial score (nSPS) is 11.2. The highest BCUT2D eigenvalue weighted by atomic mass is 32.1. The molecule has 3 aromatic heterocycles. The molecule has 0 saturated heterocycles. The third kappa shape index (κ3) is 3.00. The zero-order valence-electron chi connectivity index (χ0n) is 10.5. The number of aryl methyl sites for hydroxylation is 1. The van der Waals surface area contributed by atoms with Gasteiger partial charge in [0.15, 0.2) is 0 Å². The fraction of sp³-hybridized carbons (Fsp3) is 0.0625. The van der Waals surface area contributed by atoms with Gasteiger partial charge >= 0.3 is 0 Å². The molecule has 19 heavy (non-hydrogen) atoms. The average Bonchev–Trinajstić information content (AvgIpc) is 3.09. The van der Waals surface area contributed by atoms with Crippen LogP contribution in [0, 0.1) is 6.92 Å². The van der Waals surface area contributed by atoms with Crippen LogP contribution in [0.2, 0.25) is 0 Å². The van der Waals surface area contributed by atoms with Crippen molar-refractivity contribution in [2.24, 2.45) is 0 Å². The minimum atomic E-state index is 1.01. The van der Waals surface area contributed by atoms with Crippen molar-refractivity contribution in [1.29, 1.82) is 0 Å². The van der Waals surface area contributed by atoms with Gasteiger partial charge in [-0.25, -0.2) is 0 Å². The maximum absolute atomic E-state index is 4.56. The number of aromatic nitrogens is 1. The molecule has 0 atom stereocenters. The summed E-state index contributed by atoms with van der Waals surface area (Å²) in [6.07, 6.45) is 4.18. The van der Waals surface area contributed by atoms with Gasteiger partial charge in [-0.1, -0.05) is 6.08 Å². The Labute approximate surface area is 120 Å². The van der Waals surface area contributed by atoms with E-state index in [9.17, 15) is 0 Å². The van der Waals surface area contributed by atoms with E-state index in [1.165, 1.54) is 16.7 Å². The highest BCUT2D eigenvalue weighted by Crippen LogP contribution is 2.24. The highest BCUT2D eigenvalue weighted by molar-refractivity contribution is 7.08. The summed E-state index contributed by atoms with van der Waals surface area (Å²) in [7, 11) is 0. The van der Waals surface area contributed by atoms with E-state index in [1.54, 1.807) is 22.7 Å². The fourth-order valence-corrected chi connectivity index (χ4v) is 3.22. The Morgan fingerprint density at radius 1 is 0.947 bits per heavy atom. The molecule has 3 heteroatoms. The molecule has 0 aliphatic rings. The lowest BCUT2D eigenvalue weighted by atomic mass is 10.1. The lowest BCUT2D eigenvalue weighted by Crippen LogP contribution is -1.87. The van der Waals surface area contributed by atoms with E-state index in [0.717, 1.165) is 11.4 Å². The molecule has 0 aliphatic carbocycles. The number of pyridine rings is 1. The molecule has 0 aliphatic heterocycles. The lowest BCUT2D eigenvalue weighted by molar-refractivity contribution is 1.18. The summed E-state index contributed by atoms with van der Waals surface area (Å²) in [6, 6.07) is 8.52. The van der Waals surface area contributed by atoms with Crippen molar-refractivity contribution in [3.63, 3.8) is 0 Å². The molecule has 0 radical (unpaired) electrons. The quantitative estimate of drug-likeness (QED) is 0.631. The van der Waals surface area contributed by atoms with Gasteiger partial charge in [-0.2, -0.15) is 22.7 Å². The Hall–Kier alpha value is -1.71. The molecular weight excluding hydrogens is 270 g/mol. The van der Waals surface area contributed by atoms with Crippen molar-refractivity contribution in [3.8, 4) is 11.1 Å². The van der Waals surface area contributed by atoms with Crippen molar-refractivity contribution in [3.05, 3.63) is 62.7 Å². The van der Waals surface area contributed by atoms with Gasteiger partial charge < -0.3 is 0 Å². The van der Waals surface area contributed by atoms with Crippen LogP contribution in [-0.4, -0.2) is 4.98 Å². The van der Waals surface area contributed by atoms with Crippen molar-refractivity contribution in [2.45, 2.75) is 6.92 Å². The van der Waals surface area contributed by atoms with Gasteiger partial charge in [-0.15, -0.1) is 0 Å². The Bertz CT molecular complexity index is 680. The average molecular weight is 283 g/mol. The van der Waals surface area contributed by atoms with E-state index in [2.05, 4.69) is 62.9 Å². The van der Waals surface area contributed by atoms with Gasteiger partial charge in [0.1, 0.15) is 0 Å². The number of nitrogens with zero attached hydrogens (tertiary/aromatic N) is 1. The van der Waals surface area contributed by atoms with Gasteiger partial charge in [0.25, 0.3) is 0 Å². The monoisotopic (exact) mass is 283 g/mol. The second-order valence-corrected chi connectivity index (χ2v) is 5.88. The molecule has 3 aromatic rings. The lowest BCUT2D eigenvalue weighted by Gasteiger charge is -2.02. The van der Waals surface area contributed by atoms with Crippen molar-refractivity contribution in [1.82, 2.24) is 4.98 Å². The summed E-state index contributed by atoms with van der Waals surface area (Å²) in [5, 5.41) is 8.49. The Kier molecular flexibility index (Phi) is 3.58. The van der Waals surface area contributed by atoms with Gasteiger partial charge in [0, 0.05) is 5.69 Å². The van der Waals surface area contributed by atoms with E-state index in [1.807, 2.05) is 6.92 Å². The minimum Gasteiger partial charge on any atom is -0.254 e. The molecule has 0 aromatic carbocycles. The molecule has 3 heterocycles. The van der Waals surface area contributed by atoms with Crippen molar-refractivity contribution in [2.75, 3.05) is 0 Å². The van der Waals surface area contributed by atoms with Crippen molar-refractivity contribution < 1.29 is 0 Å². The topological polar surface area (TPSA) is 12.9 Å². The second-order valence-electron chi connectivity index (χ2n) is 4.32. The molecule has 3 rings (SSSR count). The molecule has 0 unspecified atom stereocenters. The summed E-state index contributed by atoms with van der Waals surface area (Å²) in [4.78, 5) is 4.56. The molecule has 0 saturated carbocycles. The maximum atomic E-state index is 4.56. The van der Waals surface area contributed by atoms with Crippen molar-refractivity contribution >= 4 is 34.8 Å². The third-order valence-electron chi connectivity index (χ3n) is 2.82. The number of hydrogen-bond acceptors (Lipinski definition) is 3. The Balaban J connectivity index is 1.94. The first kappa shape index (κ1) is 12.3. The van der Waals surface area contributed by atoms with Crippen LogP contribution in [0.15, 0.2) is 45.8 Å². The standard InChI is InChI=1S/C16H13NS2/c1-12-8-15(14-5-7-19-11-14)9-16(17-12)3-2-13-4-6-18-10-13/h2-11H,1H3. The first-order chi connectivity index (χ1) is 9.31. The molecule has 94 valence electrons. The number of hydrogen-bond donors (Lipinski definition) is 0. The minimum absolute atomic E-state index is 1.01. The zero-order chi connectivity index (χ0) is 13.1. The third-order valence-corrected chi connectivity index (χ3v) is 4.20. The molecular formula is C16H13NS2. The van der Waals surface area contributed by atoms with Crippen LogP contribution in [0.5, 0.6) is 0 Å². The summed E-state index contributed by atoms with van der Waals surface area (Å²) in [5.74, 6) is 0. The van der Waals surface area contributed by atoms with E-state index >= 15 is 0 Å². The van der Waals surface area contributed by atoms with Crippen LogP contribution in [-0.2, 0) is 0 Å². The smallest absolute Gasteiger partial charge is 0.0639 e. The molecule has 0 bridgehead atoms. The van der Waals surface area contributed by atoms with E-state index < -0.39 is 0 Å².